The first-order valence-corrected chi connectivity index (χ1v) is 11.7. The lowest BCUT2D eigenvalue weighted by atomic mass is 10.1. The molecule has 0 saturated carbocycles. The van der Waals surface area contributed by atoms with Crippen LogP contribution in [-0.4, -0.2) is 30.6 Å². The Labute approximate surface area is 224 Å². The summed E-state index contributed by atoms with van der Waals surface area (Å²) >= 11 is 0. The minimum atomic E-state index is -0.888. The van der Waals surface area contributed by atoms with Crippen LogP contribution in [0.4, 0.5) is 0 Å². The van der Waals surface area contributed by atoms with E-state index >= 15 is 0 Å². The Morgan fingerprint density at radius 1 is 0.575 bits per heavy atom. The number of rotatable bonds is 2. The van der Waals surface area contributed by atoms with Crippen LogP contribution in [-0.2, 0) is 0 Å². The van der Waals surface area contributed by atoms with Gasteiger partial charge in [-0.3, -0.25) is 9.59 Å². The number of aromatic hydroxyl groups is 6. The van der Waals surface area contributed by atoms with Crippen molar-refractivity contribution in [2.24, 2.45) is 0 Å². The molecule has 2 heterocycles. The highest BCUT2D eigenvalue weighted by Gasteiger charge is 2.19. The summed E-state index contributed by atoms with van der Waals surface area (Å²) in [6, 6.07) is 20.9. The fraction of sp³-hybridized carbons (Fsp3) is 0. The van der Waals surface area contributed by atoms with Crippen molar-refractivity contribution in [3.05, 3.63) is 105 Å². The lowest BCUT2D eigenvalue weighted by molar-refractivity contribution is 0.403. The van der Waals surface area contributed by atoms with Crippen molar-refractivity contribution < 1.29 is 39.5 Å². The Bertz CT molecular complexity index is 2020. The summed E-state index contributed by atoms with van der Waals surface area (Å²) in [5, 5.41) is 57.9. The Morgan fingerprint density at radius 2 is 1.30 bits per heavy atom. The van der Waals surface area contributed by atoms with Crippen molar-refractivity contribution in [1.29, 1.82) is 0 Å². The topological polar surface area (TPSA) is 182 Å². The van der Waals surface area contributed by atoms with Gasteiger partial charge < -0.3 is 39.5 Å². The van der Waals surface area contributed by atoms with Gasteiger partial charge >= 0.3 is 0 Å². The molecule has 6 aromatic rings. The van der Waals surface area contributed by atoms with Gasteiger partial charge in [0, 0.05) is 23.8 Å². The molecule has 200 valence electrons. The fourth-order valence-electron chi connectivity index (χ4n) is 4.05. The van der Waals surface area contributed by atoms with E-state index in [9.17, 15) is 40.2 Å². The van der Waals surface area contributed by atoms with E-state index in [1.807, 2.05) is 0 Å². The van der Waals surface area contributed by atoms with Gasteiger partial charge in [-0.1, -0.05) is 24.3 Å². The molecule has 0 bridgehead atoms. The van der Waals surface area contributed by atoms with Gasteiger partial charge in [-0.15, -0.1) is 0 Å². The molecule has 0 atom stereocenters. The van der Waals surface area contributed by atoms with Crippen molar-refractivity contribution in [2.75, 3.05) is 0 Å². The molecule has 2 aromatic heterocycles. The van der Waals surface area contributed by atoms with Crippen LogP contribution >= 0.6 is 0 Å². The van der Waals surface area contributed by atoms with E-state index in [-0.39, 0.29) is 45.0 Å². The van der Waals surface area contributed by atoms with Gasteiger partial charge in [0.25, 0.3) is 0 Å². The summed E-state index contributed by atoms with van der Waals surface area (Å²) in [4.78, 5) is 24.1. The smallest absolute Gasteiger partial charge is 0.238 e. The first kappa shape index (κ1) is 25.7. The van der Waals surface area contributed by atoms with E-state index in [0.29, 0.717) is 22.3 Å². The van der Waals surface area contributed by atoms with Crippen LogP contribution in [0.3, 0.4) is 0 Å². The van der Waals surface area contributed by atoms with Gasteiger partial charge in [-0.05, 0) is 42.5 Å². The normalized spacial score (nSPS) is 10.8. The molecule has 0 spiro atoms. The zero-order valence-corrected chi connectivity index (χ0v) is 20.4. The second-order valence-corrected chi connectivity index (χ2v) is 8.64. The standard InChI is InChI=1S/C15H10O7.C15H10O3/c16-7-4-10(19)12-11(5-7)22-15(14(21)13(12)20)6-1-2-8(17)9(18)3-6;16-12-7-3-1-5-10(12)15-9-13(17)11-6-2-4-8-14(11)18-15/h1-5,16-19,21H;1-9,16H. The quantitative estimate of drug-likeness (QED) is 0.161. The second kappa shape index (κ2) is 10.1. The number of benzene rings is 4. The maximum absolute atomic E-state index is 12.1. The lowest BCUT2D eigenvalue weighted by Gasteiger charge is -2.08. The van der Waals surface area contributed by atoms with Crippen molar-refractivity contribution in [2.45, 2.75) is 0 Å². The molecule has 0 aliphatic heterocycles. The number of para-hydroxylation sites is 2. The predicted octanol–water partition coefficient (Wildman–Crippen LogP) is 5.15. The Balaban J connectivity index is 0.000000164. The first-order chi connectivity index (χ1) is 19.1. The van der Waals surface area contributed by atoms with Gasteiger partial charge in [0.2, 0.25) is 11.2 Å². The maximum atomic E-state index is 12.1. The minimum absolute atomic E-state index is 0.0935. The molecule has 40 heavy (non-hydrogen) atoms. The average molecular weight is 540 g/mol. The molecular formula is C30H20O10. The zero-order valence-electron chi connectivity index (χ0n) is 20.4. The number of hydrogen-bond donors (Lipinski definition) is 6. The molecule has 0 aliphatic rings. The van der Waals surface area contributed by atoms with Crippen molar-refractivity contribution >= 4 is 21.9 Å². The SMILES string of the molecule is O=c1c(O)c(-c2ccc(O)c(O)c2)oc2cc(O)cc(O)c12.O=c1cc(-c2ccccc2O)oc2ccccc12. The highest BCUT2D eigenvalue weighted by Crippen LogP contribution is 2.37. The average Bonchev–Trinajstić information content (AvgIpc) is 2.92. The number of phenolic OH excluding ortho intramolecular Hbond substituents is 5. The third-order valence-electron chi connectivity index (χ3n) is 5.98. The Kier molecular flexibility index (Phi) is 6.50. The number of fused-ring (bicyclic) bond motifs is 2. The largest absolute Gasteiger partial charge is 0.508 e. The summed E-state index contributed by atoms with van der Waals surface area (Å²) in [6.07, 6.45) is 0. The van der Waals surface area contributed by atoms with Gasteiger partial charge in [0.05, 0.1) is 10.9 Å². The Morgan fingerprint density at radius 3 is 2.05 bits per heavy atom. The third kappa shape index (κ3) is 4.72. The molecule has 0 saturated heterocycles. The van der Waals surface area contributed by atoms with Gasteiger partial charge in [-0.2, -0.15) is 0 Å². The molecule has 0 unspecified atom stereocenters. The van der Waals surface area contributed by atoms with Crippen LogP contribution in [0.2, 0.25) is 0 Å². The molecule has 10 heteroatoms. The van der Waals surface area contributed by atoms with Crippen LogP contribution in [0.15, 0.2) is 103 Å². The van der Waals surface area contributed by atoms with Crippen molar-refractivity contribution in [3.63, 3.8) is 0 Å². The van der Waals surface area contributed by atoms with Crippen LogP contribution in [0.5, 0.6) is 34.5 Å². The van der Waals surface area contributed by atoms with Crippen molar-refractivity contribution in [3.8, 4) is 57.1 Å². The summed E-state index contributed by atoms with van der Waals surface area (Å²) in [7, 11) is 0. The van der Waals surface area contributed by atoms with Crippen LogP contribution in [0.1, 0.15) is 0 Å². The fourth-order valence-corrected chi connectivity index (χ4v) is 4.05. The molecule has 0 aliphatic carbocycles. The molecule has 0 amide bonds. The Hall–Kier alpha value is -5.90. The highest BCUT2D eigenvalue weighted by molar-refractivity contribution is 5.88. The monoisotopic (exact) mass is 540 g/mol. The number of hydrogen-bond acceptors (Lipinski definition) is 10. The van der Waals surface area contributed by atoms with E-state index in [4.69, 9.17) is 8.83 Å². The highest BCUT2D eigenvalue weighted by atomic mass is 16.4. The van der Waals surface area contributed by atoms with Gasteiger partial charge in [0.1, 0.15) is 39.6 Å². The minimum Gasteiger partial charge on any atom is -0.508 e. The van der Waals surface area contributed by atoms with Crippen LogP contribution in [0.25, 0.3) is 44.6 Å². The summed E-state index contributed by atoms with van der Waals surface area (Å²) in [5.41, 5.74) is 0.0255. The van der Waals surface area contributed by atoms with E-state index in [0.717, 1.165) is 24.3 Å². The van der Waals surface area contributed by atoms with Crippen LogP contribution < -0.4 is 10.9 Å². The van der Waals surface area contributed by atoms with E-state index in [1.54, 1.807) is 48.5 Å². The van der Waals surface area contributed by atoms with Gasteiger partial charge in [0.15, 0.2) is 22.7 Å². The van der Waals surface area contributed by atoms with E-state index < -0.39 is 22.7 Å². The first-order valence-electron chi connectivity index (χ1n) is 11.7. The van der Waals surface area contributed by atoms with E-state index in [2.05, 4.69) is 0 Å². The summed E-state index contributed by atoms with van der Waals surface area (Å²) in [6.45, 7) is 0. The predicted molar refractivity (Wildman–Crippen MR) is 146 cm³/mol. The third-order valence-corrected chi connectivity index (χ3v) is 5.98. The zero-order chi connectivity index (χ0) is 28.6. The van der Waals surface area contributed by atoms with Crippen molar-refractivity contribution in [1.82, 2.24) is 0 Å². The molecule has 0 radical (unpaired) electrons. The number of phenols is 5. The maximum Gasteiger partial charge on any atom is 0.238 e. The second-order valence-electron chi connectivity index (χ2n) is 8.64. The summed E-state index contributed by atoms with van der Waals surface area (Å²) in [5.74, 6) is -2.25. The molecular weight excluding hydrogens is 520 g/mol. The lowest BCUT2D eigenvalue weighted by Crippen LogP contribution is -2.02. The van der Waals surface area contributed by atoms with E-state index in [1.165, 1.54) is 12.1 Å². The molecule has 6 N–H and O–H groups in total. The molecule has 4 aromatic carbocycles. The molecule has 6 rings (SSSR count). The molecule has 10 nitrogen and oxygen atoms in total. The van der Waals surface area contributed by atoms with Crippen LogP contribution in [0, 0.1) is 0 Å². The molecule has 0 fully saturated rings. The summed E-state index contributed by atoms with van der Waals surface area (Å²) < 4.78 is 11.0. The van der Waals surface area contributed by atoms with Gasteiger partial charge in [-0.25, -0.2) is 0 Å².